The molecule has 0 amide bonds. The molecule has 0 heterocycles. The van der Waals surface area contributed by atoms with Crippen molar-refractivity contribution in [2.24, 2.45) is 0 Å². The van der Waals surface area contributed by atoms with Crippen LogP contribution in [0.2, 0.25) is 0 Å². The molecule has 6 atom stereocenters. The monoisotopic (exact) mass is 790 g/mol. The van der Waals surface area contributed by atoms with E-state index in [0.717, 1.165) is 42.7 Å². The van der Waals surface area contributed by atoms with Gasteiger partial charge < -0.3 is 0 Å². The van der Waals surface area contributed by atoms with Crippen molar-refractivity contribution >= 4 is 28.0 Å². The Bertz CT molecular complexity index is 1560. The Morgan fingerprint density at radius 2 is 0.765 bits per heavy atom. The van der Waals surface area contributed by atoms with Gasteiger partial charge in [-0.15, -0.1) is 0 Å². The summed E-state index contributed by atoms with van der Waals surface area (Å²) in [5, 5.41) is 3.73. The van der Waals surface area contributed by atoms with E-state index in [9.17, 15) is 0 Å². The van der Waals surface area contributed by atoms with Crippen molar-refractivity contribution in [1.29, 1.82) is 0 Å². The maximum atomic E-state index is 2.68. The van der Waals surface area contributed by atoms with Gasteiger partial charge in [0.2, 0.25) is 0 Å². The van der Waals surface area contributed by atoms with E-state index in [4.69, 9.17) is 0 Å². The van der Waals surface area contributed by atoms with Crippen molar-refractivity contribution in [1.82, 2.24) is 0 Å². The molecule has 6 unspecified atom stereocenters. The Balaban J connectivity index is 0.000000299. The van der Waals surface area contributed by atoms with Crippen molar-refractivity contribution in [3.8, 4) is 0 Å². The van der Waals surface area contributed by atoms with Crippen LogP contribution in [0.15, 0.2) is 120 Å². The Hall–Kier alpha value is -1.90. The van der Waals surface area contributed by atoms with E-state index in [1.165, 1.54) is 47.9 Å². The Morgan fingerprint density at radius 3 is 1.10 bits per heavy atom. The fourth-order valence-corrected chi connectivity index (χ4v) is 22.0. The van der Waals surface area contributed by atoms with E-state index >= 15 is 0 Å². The average Bonchev–Trinajstić information content (AvgIpc) is 3.72. The number of aryl methyl sites for hydroxylation is 2. The molecule has 51 heavy (non-hydrogen) atoms. The van der Waals surface area contributed by atoms with Crippen LogP contribution in [-0.2, 0) is 36.1 Å². The molecule has 268 valence electrons. The molecule has 6 rings (SSSR count). The van der Waals surface area contributed by atoms with E-state index in [2.05, 4.69) is 177 Å². The van der Waals surface area contributed by atoms with E-state index in [1.54, 1.807) is 11.1 Å². The van der Waals surface area contributed by atoms with Crippen LogP contribution in [0.5, 0.6) is 0 Å². The predicted molar refractivity (Wildman–Crippen MR) is 227 cm³/mol. The van der Waals surface area contributed by atoms with Crippen LogP contribution < -0.4 is 0 Å². The van der Waals surface area contributed by atoms with Gasteiger partial charge in [-0.25, -0.2) is 0 Å². The van der Waals surface area contributed by atoms with Crippen LogP contribution in [-0.4, -0.2) is 22.6 Å². The first-order chi connectivity index (χ1) is 24.8. The largest absolute Gasteiger partial charge is 0.0622 e. The molecule has 4 aromatic carbocycles. The molecule has 2 aliphatic carbocycles. The van der Waals surface area contributed by atoms with Gasteiger partial charge >= 0.3 is 244 Å². The number of allylic oxidation sites excluding steroid dienone is 2. The Labute approximate surface area is 326 Å². The summed E-state index contributed by atoms with van der Waals surface area (Å²) >= 11 is -0.885. The molecule has 0 radical (unpaired) electrons. The third kappa shape index (κ3) is 10.0. The molecule has 0 aliphatic heterocycles. The van der Waals surface area contributed by atoms with Crippen LogP contribution in [0.25, 0.3) is 12.2 Å². The first-order valence-electron chi connectivity index (χ1n) is 19.8. The molecule has 2 aliphatic rings. The zero-order valence-electron chi connectivity index (χ0n) is 32.6. The van der Waals surface area contributed by atoms with E-state index in [1.807, 2.05) is 10.6 Å². The first kappa shape index (κ1) is 40.3. The van der Waals surface area contributed by atoms with Crippen LogP contribution >= 0.6 is 15.8 Å². The molecular weight excluding hydrogens is 730 g/mol. The van der Waals surface area contributed by atoms with Crippen molar-refractivity contribution in [3.63, 3.8) is 0 Å². The standard InChI is InChI=1S/2C17H24P.C14H14.Zr/c2*1-5-13(3)18(14(4)6-2)17-11-15-9-7-8-10-16(15)12-17;1-3-7-13(8-4-1)11-12-14-9-5-2-6-10-14;/h2*7-14H,5-6H2,1-4H3;1-10H,11-12H2;. The third-order valence-corrected chi connectivity index (χ3v) is 24.5. The molecule has 0 saturated carbocycles. The number of fused-ring (bicyclic) bond motifs is 2. The number of benzene rings is 4. The summed E-state index contributed by atoms with van der Waals surface area (Å²) in [6.07, 6.45) is 12.8. The molecule has 0 saturated heterocycles. The summed E-state index contributed by atoms with van der Waals surface area (Å²) in [6, 6.07) is 40.2. The second-order valence-electron chi connectivity index (χ2n) is 14.7. The summed E-state index contributed by atoms with van der Waals surface area (Å²) in [7, 11) is -0.258. The zero-order chi connectivity index (χ0) is 36.3. The maximum absolute atomic E-state index is 2.68. The van der Waals surface area contributed by atoms with E-state index < -0.39 is 23.2 Å². The molecular formula is C48H62P2Zr. The Morgan fingerprint density at radius 1 is 0.451 bits per heavy atom. The second kappa shape index (κ2) is 20.0. The van der Waals surface area contributed by atoms with Gasteiger partial charge in [0.25, 0.3) is 0 Å². The van der Waals surface area contributed by atoms with Gasteiger partial charge in [0, 0.05) is 0 Å². The van der Waals surface area contributed by atoms with Gasteiger partial charge in [-0.2, -0.15) is 0 Å². The van der Waals surface area contributed by atoms with Gasteiger partial charge in [0.15, 0.2) is 0 Å². The van der Waals surface area contributed by atoms with Crippen LogP contribution in [0.3, 0.4) is 0 Å². The SMILES string of the molecule is CCC(C)P(C1=Cc2ccccc2[CH]1[Zr][CH]1C(P(C(C)CC)C(C)CC)=Cc2ccccc21)C(C)CC.c1ccc(CCc2ccccc2)cc1. The van der Waals surface area contributed by atoms with Crippen molar-refractivity contribution in [2.45, 2.75) is 124 Å². The van der Waals surface area contributed by atoms with Crippen molar-refractivity contribution in [3.05, 3.63) is 153 Å². The Kier molecular flexibility index (Phi) is 15.8. The van der Waals surface area contributed by atoms with Gasteiger partial charge in [-0.1, -0.05) is 60.7 Å². The molecule has 0 aromatic heterocycles. The van der Waals surface area contributed by atoms with Crippen molar-refractivity contribution < 1.29 is 23.2 Å². The minimum atomic E-state index is -0.885. The molecule has 3 heteroatoms. The van der Waals surface area contributed by atoms with Gasteiger partial charge in [-0.3, -0.25) is 0 Å². The smallest absolute Gasteiger partial charge is 0.0238 e. The first-order valence-corrected chi connectivity index (χ1v) is 25.6. The molecule has 0 fully saturated rings. The third-order valence-electron chi connectivity index (χ3n) is 11.4. The van der Waals surface area contributed by atoms with Gasteiger partial charge in [0.1, 0.15) is 0 Å². The number of rotatable bonds is 15. The summed E-state index contributed by atoms with van der Waals surface area (Å²) in [6.45, 7) is 19.9. The number of hydrogen-bond acceptors (Lipinski definition) is 0. The van der Waals surface area contributed by atoms with E-state index in [-0.39, 0.29) is 15.8 Å². The van der Waals surface area contributed by atoms with Crippen LogP contribution in [0.4, 0.5) is 0 Å². The van der Waals surface area contributed by atoms with Gasteiger partial charge in [-0.05, 0) is 24.0 Å². The van der Waals surface area contributed by atoms with Crippen LogP contribution in [0.1, 0.15) is 122 Å². The zero-order valence-corrected chi connectivity index (χ0v) is 36.9. The normalized spacial score (nSPS) is 19.6. The van der Waals surface area contributed by atoms with Crippen LogP contribution in [0, 0.1) is 0 Å². The second-order valence-corrected chi connectivity index (χ2v) is 24.6. The fourth-order valence-electron chi connectivity index (χ4n) is 7.83. The van der Waals surface area contributed by atoms with Gasteiger partial charge in [0.05, 0.1) is 0 Å². The maximum Gasteiger partial charge on any atom is -0.0238 e. The summed E-state index contributed by atoms with van der Waals surface area (Å²) in [5.74, 6) is 0. The van der Waals surface area contributed by atoms with Crippen molar-refractivity contribution in [2.75, 3.05) is 0 Å². The average molecular weight is 792 g/mol. The minimum absolute atomic E-state index is 0.129. The summed E-state index contributed by atoms with van der Waals surface area (Å²) < 4.78 is 1.44. The minimum Gasteiger partial charge on any atom is -0.0622 e. The topological polar surface area (TPSA) is 0 Å². The molecule has 0 nitrogen and oxygen atoms in total. The predicted octanol–water partition coefficient (Wildman–Crippen LogP) is 14.9. The molecule has 0 N–H and O–H groups in total. The summed E-state index contributed by atoms with van der Waals surface area (Å²) in [5.41, 5.74) is 12.4. The molecule has 0 spiro atoms. The molecule has 0 bridgehead atoms. The fraction of sp³-hybridized carbons (Fsp3) is 0.417. The summed E-state index contributed by atoms with van der Waals surface area (Å²) in [4.78, 5) is 0. The van der Waals surface area contributed by atoms with E-state index in [0.29, 0.717) is 0 Å². The number of hydrogen-bond donors (Lipinski definition) is 0. The quantitative estimate of drug-likeness (QED) is 0.105. The molecule has 4 aromatic rings.